The molecule has 0 unspecified atom stereocenters. The SMILES string of the molecule is Cc1ccc(OCc2nc(CC(=O)N3CCNC[C@@H]3C)cs2)cc1.Cl.Cl. The quantitative estimate of drug-likeness (QED) is 0.810. The summed E-state index contributed by atoms with van der Waals surface area (Å²) in [6.07, 6.45) is 0.366. The Labute approximate surface area is 171 Å². The molecule has 0 spiro atoms. The molecular formula is C18H25Cl2N3O2S. The summed E-state index contributed by atoms with van der Waals surface area (Å²) in [5.41, 5.74) is 2.04. The van der Waals surface area contributed by atoms with Gasteiger partial charge in [0, 0.05) is 31.1 Å². The van der Waals surface area contributed by atoms with E-state index in [1.54, 1.807) is 11.3 Å². The topological polar surface area (TPSA) is 54.5 Å². The second-order valence-electron chi connectivity index (χ2n) is 6.15. The Morgan fingerprint density at radius 2 is 2.08 bits per heavy atom. The zero-order valence-corrected chi connectivity index (χ0v) is 17.4. The average Bonchev–Trinajstić information content (AvgIpc) is 3.02. The minimum Gasteiger partial charge on any atom is -0.486 e. The number of amides is 1. The van der Waals surface area contributed by atoms with Crippen LogP contribution in [0.25, 0.3) is 0 Å². The van der Waals surface area contributed by atoms with Crippen LogP contribution < -0.4 is 10.1 Å². The first kappa shape index (κ1) is 22.7. The summed E-state index contributed by atoms with van der Waals surface area (Å²) in [4.78, 5) is 18.9. The molecule has 1 aliphatic heterocycles. The van der Waals surface area contributed by atoms with E-state index in [1.165, 1.54) is 5.56 Å². The van der Waals surface area contributed by atoms with E-state index in [4.69, 9.17) is 4.74 Å². The van der Waals surface area contributed by atoms with E-state index in [-0.39, 0.29) is 36.8 Å². The Morgan fingerprint density at radius 3 is 2.77 bits per heavy atom. The molecular weight excluding hydrogens is 393 g/mol. The molecule has 1 N–H and O–H groups in total. The Hall–Kier alpha value is -1.34. The largest absolute Gasteiger partial charge is 0.486 e. The third-order valence-corrected chi connectivity index (χ3v) is 5.01. The van der Waals surface area contributed by atoms with Gasteiger partial charge in [-0.3, -0.25) is 4.79 Å². The van der Waals surface area contributed by atoms with E-state index in [9.17, 15) is 4.79 Å². The summed E-state index contributed by atoms with van der Waals surface area (Å²) >= 11 is 1.54. The number of thiazole rings is 1. The van der Waals surface area contributed by atoms with Gasteiger partial charge in [-0.1, -0.05) is 17.7 Å². The molecule has 1 fully saturated rings. The summed E-state index contributed by atoms with van der Waals surface area (Å²) < 4.78 is 5.74. The van der Waals surface area contributed by atoms with E-state index in [2.05, 4.69) is 17.2 Å². The number of nitrogens with zero attached hydrogens (tertiary/aromatic N) is 2. The maximum absolute atomic E-state index is 12.4. The number of hydrogen-bond donors (Lipinski definition) is 1. The summed E-state index contributed by atoms with van der Waals surface area (Å²) in [5.74, 6) is 0.989. The molecule has 5 nitrogen and oxygen atoms in total. The lowest BCUT2D eigenvalue weighted by Crippen LogP contribution is -2.52. The van der Waals surface area contributed by atoms with Gasteiger partial charge in [0.05, 0.1) is 12.1 Å². The number of ether oxygens (including phenoxy) is 1. The van der Waals surface area contributed by atoms with Crippen molar-refractivity contribution >= 4 is 42.1 Å². The molecule has 1 saturated heterocycles. The number of benzene rings is 1. The number of hydrogen-bond acceptors (Lipinski definition) is 5. The lowest BCUT2D eigenvalue weighted by molar-refractivity contribution is -0.133. The Morgan fingerprint density at radius 1 is 1.35 bits per heavy atom. The molecule has 0 aliphatic carbocycles. The van der Waals surface area contributed by atoms with Crippen LogP contribution in [0.5, 0.6) is 5.75 Å². The molecule has 144 valence electrons. The maximum Gasteiger partial charge on any atom is 0.228 e. The molecule has 0 bridgehead atoms. The van der Waals surface area contributed by atoms with Gasteiger partial charge in [-0.2, -0.15) is 0 Å². The number of carbonyl (C=O) groups excluding carboxylic acids is 1. The fourth-order valence-electron chi connectivity index (χ4n) is 2.74. The minimum absolute atomic E-state index is 0. The highest BCUT2D eigenvalue weighted by Gasteiger charge is 2.23. The molecule has 1 amide bonds. The summed E-state index contributed by atoms with van der Waals surface area (Å²) in [6.45, 7) is 7.06. The highest BCUT2D eigenvalue weighted by atomic mass is 35.5. The van der Waals surface area contributed by atoms with E-state index in [0.29, 0.717) is 13.0 Å². The molecule has 8 heteroatoms. The number of piperazine rings is 1. The van der Waals surface area contributed by atoms with Gasteiger partial charge in [0.2, 0.25) is 5.91 Å². The molecule has 1 aromatic heterocycles. The fourth-order valence-corrected chi connectivity index (χ4v) is 3.45. The molecule has 0 saturated carbocycles. The number of aryl methyl sites for hydroxylation is 1. The Balaban J connectivity index is 0.00000169. The van der Waals surface area contributed by atoms with Crippen LogP contribution in [0.15, 0.2) is 29.6 Å². The predicted molar refractivity (Wildman–Crippen MR) is 110 cm³/mol. The van der Waals surface area contributed by atoms with E-state index >= 15 is 0 Å². The first-order valence-electron chi connectivity index (χ1n) is 8.25. The van der Waals surface area contributed by atoms with Gasteiger partial charge in [0.25, 0.3) is 0 Å². The van der Waals surface area contributed by atoms with Crippen LogP contribution in [0.2, 0.25) is 0 Å². The number of halogens is 2. The number of aromatic nitrogens is 1. The second kappa shape index (κ2) is 10.7. The maximum atomic E-state index is 12.4. The molecule has 1 aliphatic rings. The third kappa shape index (κ3) is 6.13. The van der Waals surface area contributed by atoms with Crippen LogP contribution in [0.1, 0.15) is 23.2 Å². The second-order valence-corrected chi connectivity index (χ2v) is 7.09. The normalized spacial score (nSPS) is 16.4. The van der Waals surface area contributed by atoms with Crippen molar-refractivity contribution in [2.45, 2.75) is 32.9 Å². The first-order valence-corrected chi connectivity index (χ1v) is 9.13. The van der Waals surface area contributed by atoms with Crippen LogP contribution in [0.4, 0.5) is 0 Å². The molecule has 2 heterocycles. The zero-order chi connectivity index (χ0) is 16.9. The van der Waals surface area contributed by atoms with Crippen LogP contribution in [0, 0.1) is 6.92 Å². The Kier molecular flexibility index (Phi) is 9.36. The number of carbonyl (C=O) groups is 1. The van der Waals surface area contributed by atoms with Gasteiger partial charge in [-0.25, -0.2) is 4.98 Å². The molecule has 3 rings (SSSR count). The lowest BCUT2D eigenvalue weighted by Gasteiger charge is -2.33. The van der Waals surface area contributed by atoms with Gasteiger partial charge in [-0.15, -0.1) is 36.2 Å². The van der Waals surface area contributed by atoms with Gasteiger partial charge in [0.1, 0.15) is 17.4 Å². The van der Waals surface area contributed by atoms with Crippen molar-refractivity contribution in [1.29, 1.82) is 0 Å². The zero-order valence-electron chi connectivity index (χ0n) is 14.9. The number of nitrogens with one attached hydrogen (secondary N) is 1. The fraction of sp³-hybridized carbons (Fsp3) is 0.444. The van der Waals surface area contributed by atoms with Gasteiger partial charge in [-0.05, 0) is 26.0 Å². The van der Waals surface area contributed by atoms with Crippen LogP contribution in [-0.4, -0.2) is 41.5 Å². The van der Waals surface area contributed by atoms with Crippen LogP contribution >= 0.6 is 36.2 Å². The van der Waals surface area contributed by atoms with Crippen molar-refractivity contribution in [2.75, 3.05) is 19.6 Å². The molecule has 2 aromatic rings. The van der Waals surface area contributed by atoms with E-state index in [0.717, 1.165) is 36.1 Å². The van der Waals surface area contributed by atoms with Crippen molar-refractivity contribution in [3.63, 3.8) is 0 Å². The highest BCUT2D eigenvalue weighted by molar-refractivity contribution is 7.09. The first-order chi connectivity index (χ1) is 11.6. The van der Waals surface area contributed by atoms with E-state index < -0.39 is 0 Å². The van der Waals surface area contributed by atoms with Crippen molar-refractivity contribution in [3.8, 4) is 5.75 Å². The molecule has 0 radical (unpaired) electrons. The van der Waals surface area contributed by atoms with Crippen molar-refractivity contribution in [3.05, 3.63) is 45.9 Å². The highest BCUT2D eigenvalue weighted by Crippen LogP contribution is 2.17. The van der Waals surface area contributed by atoms with Crippen molar-refractivity contribution in [1.82, 2.24) is 15.2 Å². The Bertz CT molecular complexity index is 694. The van der Waals surface area contributed by atoms with Crippen molar-refractivity contribution < 1.29 is 9.53 Å². The van der Waals surface area contributed by atoms with Gasteiger partial charge < -0.3 is 15.0 Å². The summed E-state index contributed by atoms with van der Waals surface area (Å²) in [5, 5.41) is 6.15. The van der Waals surface area contributed by atoms with Crippen LogP contribution in [0.3, 0.4) is 0 Å². The predicted octanol–water partition coefficient (Wildman–Crippen LogP) is 3.24. The standard InChI is InChI=1S/C18H23N3O2S.2ClH/c1-13-3-5-16(6-4-13)23-11-17-20-15(12-24-17)9-18(22)21-8-7-19-10-14(21)2;;/h3-6,12,14,19H,7-11H2,1-2H3;2*1H/t14-;;/m0../s1. The monoisotopic (exact) mass is 417 g/mol. The summed E-state index contributed by atoms with van der Waals surface area (Å²) in [6, 6.07) is 8.21. The minimum atomic E-state index is 0. The average molecular weight is 418 g/mol. The molecule has 1 aromatic carbocycles. The van der Waals surface area contributed by atoms with Crippen LogP contribution in [-0.2, 0) is 17.8 Å². The third-order valence-electron chi connectivity index (χ3n) is 4.14. The molecule has 26 heavy (non-hydrogen) atoms. The summed E-state index contributed by atoms with van der Waals surface area (Å²) in [7, 11) is 0. The van der Waals surface area contributed by atoms with Crippen molar-refractivity contribution in [2.24, 2.45) is 0 Å². The lowest BCUT2D eigenvalue weighted by atomic mass is 10.2. The van der Waals surface area contributed by atoms with E-state index in [1.807, 2.05) is 41.5 Å². The molecule has 1 atom stereocenters. The number of rotatable bonds is 5. The van der Waals surface area contributed by atoms with Gasteiger partial charge in [0.15, 0.2) is 0 Å². The van der Waals surface area contributed by atoms with Gasteiger partial charge >= 0.3 is 0 Å². The smallest absolute Gasteiger partial charge is 0.228 e.